The van der Waals surface area contributed by atoms with Crippen LogP contribution in [0.5, 0.6) is 5.75 Å². The van der Waals surface area contributed by atoms with E-state index in [1.165, 1.54) is 0 Å². The molecule has 4 rings (SSSR count). The van der Waals surface area contributed by atoms with Crippen LogP contribution in [0.1, 0.15) is 12.3 Å². The molecule has 0 bridgehead atoms. The fourth-order valence-electron chi connectivity index (χ4n) is 3.65. The van der Waals surface area contributed by atoms with Crippen LogP contribution in [0, 0.1) is 0 Å². The molecule has 2 heterocycles. The molecule has 6 nitrogen and oxygen atoms in total. The van der Waals surface area contributed by atoms with Crippen molar-refractivity contribution in [3.05, 3.63) is 70.7 Å². The topological polar surface area (TPSA) is 58.8 Å². The predicted molar refractivity (Wildman–Crippen MR) is 125 cm³/mol. The number of rotatable bonds is 8. The van der Waals surface area contributed by atoms with Gasteiger partial charge in [0.15, 0.2) is 11.7 Å². The van der Waals surface area contributed by atoms with E-state index >= 15 is 0 Å². The SMILES string of the molecule is O=C(CCc1ncc(-c2ccccc2Cl)o1)N1CCN(CCOc2ccccc2Cl)CC1. The zero-order chi connectivity index (χ0) is 22.3. The highest BCUT2D eigenvalue weighted by atomic mass is 35.5. The fourth-order valence-corrected chi connectivity index (χ4v) is 4.07. The first-order valence-electron chi connectivity index (χ1n) is 10.7. The van der Waals surface area contributed by atoms with Crippen molar-refractivity contribution in [3.8, 4) is 17.1 Å². The van der Waals surface area contributed by atoms with Crippen molar-refractivity contribution in [1.29, 1.82) is 0 Å². The summed E-state index contributed by atoms with van der Waals surface area (Å²) in [4.78, 5) is 21.1. The lowest BCUT2D eigenvalue weighted by Crippen LogP contribution is -2.49. The largest absolute Gasteiger partial charge is 0.491 e. The minimum absolute atomic E-state index is 0.120. The highest BCUT2D eigenvalue weighted by molar-refractivity contribution is 6.33. The van der Waals surface area contributed by atoms with Crippen LogP contribution in [0.2, 0.25) is 10.0 Å². The van der Waals surface area contributed by atoms with Gasteiger partial charge in [-0.25, -0.2) is 4.98 Å². The predicted octanol–water partition coefficient (Wildman–Crippen LogP) is 4.80. The number of benzene rings is 2. The summed E-state index contributed by atoms with van der Waals surface area (Å²) in [5, 5.41) is 1.23. The Morgan fingerprint density at radius 3 is 2.47 bits per heavy atom. The molecule has 0 saturated carbocycles. The average Bonchev–Trinajstić information content (AvgIpc) is 3.28. The summed E-state index contributed by atoms with van der Waals surface area (Å²) in [5.74, 6) is 1.98. The van der Waals surface area contributed by atoms with E-state index in [1.807, 2.05) is 53.4 Å². The number of nitrogens with zero attached hydrogens (tertiary/aromatic N) is 3. The normalized spacial score (nSPS) is 14.5. The number of carbonyl (C=O) groups excluding carboxylic acids is 1. The second-order valence-electron chi connectivity index (χ2n) is 7.60. The van der Waals surface area contributed by atoms with Crippen LogP contribution < -0.4 is 4.74 Å². The number of oxazole rings is 1. The van der Waals surface area contributed by atoms with Crippen molar-refractivity contribution >= 4 is 29.1 Å². The zero-order valence-corrected chi connectivity index (χ0v) is 19.2. The van der Waals surface area contributed by atoms with Gasteiger partial charge >= 0.3 is 0 Å². The maximum atomic E-state index is 12.6. The van der Waals surface area contributed by atoms with E-state index in [1.54, 1.807) is 6.20 Å². The van der Waals surface area contributed by atoms with Crippen LogP contribution in [0.4, 0.5) is 0 Å². The minimum atomic E-state index is 0.120. The van der Waals surface area contributed by atoms with Gasteiger partial charge in [-0.15, -0.1) is 0 Å². The molecule has 1 saturated heterocycles. The minimum Gasteiger partial charge on any atom is -0.491 e. The number of aromatic nitrogens is 1. The van der Waals surface area contributed by atoms with Crippen LogP contribution >= 0.6 is 23.2 Å². The zero-order valence-electron chi connectivity index (χ0n) is 17.7. The second-order valence-corrected chi connectivity index (χ2v) is 8.41. The Kier molecular flexibility index (Phi) is 7.68. The molecule has 0 spiro atoms. The molecule has 0 unspecified atom stereocenters. The van der Waals surface area contributed by atoms with Gasteiger partial charge in [0, 0.05) is 51.1 Å². The van der Waals surface area contributed by atoms with Gasteiger partial charge in [-0.05, 0) is 24.3 Å². The molecule has 168 valence electrons. The van der Waals surface area contributed by atoms with Crippen LogP contribution in [0.15, 0.2) is 59.1 Å². The van der Waals surface area contributed by atoms with Gasteiger partial charge < -0.3 is 14.1 Å². The molecule has 1 amide bonds. The van der Waals surface area contributed by atoms with Crippen LogP contribution in [-0.4, -0.2) is 60.0 Å². The molecular formula is C24H25Cl2N3O3. The van der Waals surface area contributed by atoms with E-state index < -0.39 is 0 Å². The molecule has 2 aromatic carbocycles. The maximum Gasteiger partial charge on any atom is 0.223 e. The molecule has 0 aliphatic carbocycles. The number of hydrogen-bond acceptors (Lipinski definition) is 5. The third-order valence-corrected chi connectivity index (χ3v) is 6.11. The van der Waals surface area contributed by atoms with Crippen LogP contribution in [-0.2, 0) is 11.2 Å². The van der Waals surface area contributed by atoms with Gasteiger partial charge in [-0.3, -0.25) is 9.69 Å². The third-order valence-electron chi connectivity index (χ3n) is 5.47. The number of amides is 1. The Balaban J connectivity index is 1.18. The van der Waals surface area contributed by atoms with E-state index in [0.29, 0.717) is 60.0 Å². The maximum absolute atomic E-state index is 12.6. The summed E-state index contributed by atoms with van der Waals surface area (Å²) in [5.41, 5.74) is 0.800. The Hall–Kier alpha value is -2.54. The number of ether oxygens (including phenoxy) is 1. The summed E-state index contributed by atoms with van der Waals surface area (Å²) < 4.78 is 11.6. The van der Waals surface area contributed by atoms with E-state index in [-0.39, 0.29) is 5.91 Å². The molecule has 1 aliphatic heterocycles. The quantitative estimate of drug-likeness (QED) is 0.469. The average molecular weight is 474 g/mol. The first-order chi connectivity index (χ1) is 15.6. The number of aryl methyl sites for hydroxylation is 1. The Labute approximate surface area is 197 Å². The van der Waals surface area contributed by atoms with Crippen molar-refractivity contribution in [2.24, 2.45) is 0 Å². The van der Waals surface area contributed by atoms with E-state index in [9.17, 15) is 4.79 Å². The Bertz CT molecular complexity index is 1050. The Morgan fingerprint density at radius 2 is 1.72 bits per heavy atom. The van der Waals surface area contributed by atoms with Crippen molar-refractivity contribution in [2.75, 3.05) is 39.3 Å². The first kappa shape index (κ1) is 22.6. The summed E-state index contributed by atoms with van der Waals surface area (Å²) in [7, 11) is 0. The molecule has 1 aliphatic rings. The number of hydrogen-bond donors (Lipinski definition) is 0. The number of halogens is 2. The highest BCUT2D eigenvalue weighted by Gasteiger charge is 2.21. The third kappa shape index (κ3) is 5.82. The molecule has 1 aromatic heterocycles. The molecular weight excluding hydrogens is 449 g/mol. The van der Waals surface area contributed by atoms with Crippen molar-refractivity contribution in [2.45, 2.75) is 12.8 Å². The summed E-state index contributed by atoms with van der Waals surface area (Å²) in [6, 6.07) is 14.9. The highest BCUT2D eigenvalue weighted by Crippen LogP contribution is 2.28. The summed E-state index contributed by atoms with van der Waals surface area (Å²) in [6.45, 7) is 4.44. The van der Waals surface area contributed by atoms with E-state index in [2.05, 4.69) is 9.88 Å². The van der Waals surface area contributed by atoms with Crippen LogP contribution in [0.25, 0.3) is 11.3 Å². The number of piperazine rings is 1. The van der Waals surface area contributed by atoms with Gasteiger partial charge in [0.25, 0.3) is 0 Å². The number of para-hydroxylation sites is 1. The van der Waals surface area contributed by atoms with Gasteiger partial charge in [0.2, 0.25) is 5.91 Å². The van der Waals surface area contributed by atoms with Gasteiger partial charge in [0.05, 0.1) is 16.2 Å². The summed E-state index contributed by atoms with van der Waals surface area (Å²) >= 11 is 12.3. The molecule has 32 heavy (non-hydrogen) atoms. The van der Waals surface area contributed by atoms with Gasteiger partial charge in [-0.1, -0.05) is 47.5 Å². The van der Waals surface area contributed by atoms with Crippen molar-refractivity contribution in [1.82, 2.24) is 14.8 Å². The first-order valence-corrected chi connectivity index (χ1v) is 11.4. The standard InChI is InChI=1S/C24H25Cl2N3O3/c25-19-6-2-1-5-18(19)22-17-27-23(32-22)9-10-24(30)29-13-11-28(12-14-29)15-16-31-21-8-4-3-7-20(21)26/h1-8,17H,9-16H2. The van der Waals surface area contributed by atoms with Gasteiger partial charge in [0.1, 0.15) is 12.4 Å². The van der Waals surface area contributed by atoms with Gasteiger partial charge in [-0.2, -0.15) is 0 Å². The molecule has 3 aromatic rings. The molecule has 0 N–H and O–H groups in total. The molecule has 0 radical (unpaired) electrons. The number of carbonyl (C=O) groups is 1. The second kappa shape index (κ2) is 10.9. The Morgan fingerprint density at radius 1 is 1.00 bits per heavy atom. The van der Waals surface area contributed by atoms with Crippen molar-refractivity contribution < 1.29 is 13.9 Å². The molecule has 0 atom stereocenters. The smallest absolute Gasteiger partial charge is 0.223 e. The summed E-state index contributed by atoms with van der Waals surface area (Å²) in [6.07, 6.45) is 2.50. The lowest BCUT2D eigenvalue weighted by atomic mass is 10.2. The molecule has 1 fully saturated rings. The fraction of sp³-hybridized carbons (Fsp3) is 0.333. The monoisotopic (exact) mass is 473 g/mol. The van der Waals surface area contributed by atoms with Crippen molar-refractivity contribution in [3.63, 3.8) is 0 Å². The van der Waals surface area contributed by atoms with E-state index in [0.717, 1.165) is 25.2 Å². The van der Waals surface area contributed by atoms with E-state index in [4.69, 9.17) is 32.4 Å². The lowest BCUT2D eigenvalue weighted by Gasteiger charge is -2.34. The van der Waals surface area contributed by atoms with Crippen LogP contribution in [0.3, 0.4) is 0 Å². The lowest BCUT2D eigenvalue weighted by molar-refractivity contribution is -0.133. The molecule has 8 heteroatoms.